The van der Waals surface area contributed by atoms with Gasteiger partial charge in [-0.2, -0.15) is 24.1 Å². The Morgan fingerprint density at radius 2 is 1.24 bits per heavy atom. The van der Waals surface area contributed by atoms with Gasteiger partial charge < -0.3 is 5.73 Å². The van der Waals surface area contributed by atoms with Crippen molar-refractivity contribution in [2.75, 3.05) is 6.54 Å². The minimum absolute atomic E-state index is 0.556. The normalized spacial score (nSPS) is 9.10. The van der Waals surface area contributed by atoms with Crippen LogP contribution in [0.1, 0.15) is 13.3 Å². The van der Waals surface area contributed by atoms with Gasteiger partial charge in [0.2, 0.25) is 0 Å². The molecule has 0 saturated carbocycles. The smallest absolute Gasteiger partial charge is 0.121 e. The molecule has 0 unspecified atom stereocenters. The van der Waals surface area contributed by atoms with Gasteiger partial charge in [-0.25, -0.2) is 0 Å². The van der Waals surface area contributed by atoms with Crippen molar-refractivity contribution in [3.8, 4) is 0 Å². The SMILES string of the molecule is CCC[NH-].[Cl][Ti][Cl].c1ccc([Si]c2ccccc2)cc1.c1ccc2[cH-]ccc2c1. The molecule has 0 saturated heterocycles. The molecular weight excluding hydrogens is 449 g/mol. The molecule has 5 heteroatoms. The molecule has 0 spiro atoms. The molecule has 0 amide bonds. The third-order valence-corrected chi connectivity index (χ3v) is 4.88. The van der Waals surface area contributed by atoms with Crippen LogP contribution in [-0.4, -0.2) is 16.1 Å². The van der Waals surface area contributed by atoms with Gasteiger partial charge >= 0.3 is 35.6 Å². The molecule has 0 bridgehead atoms. The van der Waals surface area contributed by atoms with E-state index < -0.39 is 17.0 Å². The van der Waals surface area contributed by atoms with E-state index in [4.69, 9.17) is 24.3 Å². The van der Waals surface area contributed by atoms with Gasteiger partial charge in [-0.05, 0) is 0 Å². The number of halogens is 2. The van der Waals surface area contributed by atoms with E-state index in [0.29, 0.717) is 6.54 Å². The van der Waals surface area contributed by atoms with Gasteiger partial charge in [0.05, 0.1) is 0 Å². The molecule has 0 heterocycles. The zero-order valence-electron chi connectivity index (χ0n) is 16.5. The van der Waals surface area contributed by atoms with E-state index in [-0.39, 0.29) is 0 Å². The summed E-state index contributed by atoms with van der Waals surface area (Å²) in [5.41, 5.74) is 6.45. The Balaban J connectivity index is 0.000000228. The van der Waals surface area contributed by atoms with E-state index in [1.807, 2.05) is 6.92 Å². The molecule has 150 valence electrons. The molecule has 1 nitrogen and oxygen atoms in total. The minimum atomic E-state index is -0.556. The van der Waals surface area contributed by atoms with Crippen LogP contribution in [0.15, 0.2) is 103 Å². The molecular formula is C24H25Cl2NSiTi-2. The summed E-state index contributed by atoms with van der Waals surface area (Å²) in [4.78, 5) is 0. The van der Waals surface area contributed by atoms with Crippen molar-refractivity contribution in [3.05, 3.63) is 109 Å². The van der Waals surface area contributed by atoms with Crippen LogP contribution < -0.4 is 10.4 Å². The Kier molecular flexibility index (Phi) is 15.6. The van der Waals surface area contributed by atoms with Gasteiger partial charge in [0.25, 0.3) is 0 Å². The fraction of sp³-hybridized carbons (Fsp3) is 0.125. The van der Waals surface area contributed by atoms with Gasteiger partial charge in [-0.15, -0.1) is 29.7 Å². The predicted octanol–water partition coefficient (Wildman–Crippen LogP) is 6.73. The third-order valence-electron chi connectivity index (χ3n) is 3.63. The van der Waals surface area contributed by atoms with E-state index in [0.717, 1.165) is 15.9 Å². The van der Waals surface area contributed by atoms with Gasteiger partial charge in [-0.3, -0.25) is 0 Å². The zero-order chi connectivity index (χ0) is 21.2. The van der Waals surface area contributed by atoms with Crippen molar-refractivity contribution in [1.29, 1.82) is 0 Å². The minimum Gasteiger partial charge on any atom is -0.168 e. The topological polar surface area (TPSA) is 23.8 Å². The van der Waals surface area contributed by atoms with Gasteiger partial charge in [0, 0.05) is 0 Å². The molecule has 1 N–H and O–H groups in total. The number of hydrogen-bond donors (Lipinski definition) is 0. The Hall–Kier alpha value is -1.26. The molecule has 29 heavy (non-hydrogen) atoms. The van der Waals surface area contributed by atoms with Crippen LogP contribution in [-0.2, 0) is 17.0 Å². The van der Waals surface area contributed by atoms with Gasteiger partial charge in [0.15, 0.2) is 0 Å². The number of benzene rings is 3. The molecule has 0 atom stereocenters. The summed E-state index contributed by atoms with van der Waals surface area (Å²) in [7, 11) is 10.6. The van der Waals surface area contributed by atoms with E-state index in [9.17, 15) is 0 Å². The molecule has 4 rings (SSSR count). The summed E-state index contributed by atoms with van der Waals surface area (Å²) in [6.07, 6.45) is 0.986. The number of fused-ring (bicyclic) bond motifs is 1. The maximum atomic E-state index is 6.45. The first-order valence-corrected chi connectivity index (χ1v) is 14.6. The fourth-order valence-corrected chi connectivity index (χ4v) is 3.33. The van der Waals surface area contributed by atoms with Crippen LogP contribution in [0, 0.1) is 0 Å². The zero-order valence-corrected chi connectivity index (χ0v) is 20.6. The van der Waals surface area contributed by atoms with Crippen molar-refractivity contribution in [3.63, 3.8) is 0 Å². The second kappa shape index (κ2) is 17.6. The molecule has 4 aromatic carbocycles. The summed E-state index contributed by atoms with van der Waals surface area (Å²) >= 11 is -0.556. The van der Waals surface area contributed by atoms with Gasteiger partial charge in [0.1, 0.15) is 9.52 Å². The first-order chi connectivity index (χ1) is 14.2. The average Bonchev–Trinajstić information content (AvgIpc) is 3.25. The predicted molar refractivity (Wildman–Crippen MR) is 129 cm³/mol. The van der Waals surface area contributed by atoms with Crippen molar-refractivity contribution < 1.29 is 17.0 Å². The van der Waals surface area contributed by atoms with Crippen molar-refractivity contribution in [2.24, 2.45) is 0 Å². The van der Waals surface area contributed by atoms with Crippen LogP contribution in [0.3, 0.4) is 0 Å². The van der Waals surface area contributed by atoms with Crippen molar-refractivity contribution >= 4 is 49.3 Å². The first-order valence-electron chi connectivity index (χ1n) is 9.33. The summed E-state index contributed by atoms with van der Waals surface area (Å²) < 4.78 is 0. The van der Waals surface area contributed by atoms with Crippen LogP contribution in [0.25, 0.3) is 16.5 Å². The van der Waals surface area contributed by atoms with E-state index in [1.54, 1.807) is 0 Å². The standard InChI is InChI=1S/C12H10Si.C9H7.C3H8N.2ClH.Ti/c1-3-7-11(8-4-1)13-12-9-5-2-6-10-12;1-2-5-9-7-3-6-8(9)4-1;1-2-3-4;;;/h1-10H;1-7H;4H,2-3H2,1H3;2*1H;/q;2*-1;;;+2/p-2. The summed E-state index contributed by atoms with van der Waals surface area (Å²) in [5, 5.41) is 5.46. The second-order valence-corrected chi connectivity index (χ2v) is 9.82. The Bertz CT molecular complexity index is 800. The van der Waals surface area contributed by atoms with Crippen LogP contribution in [0.4, 0.5) is 0 Å². The van der Waals surface area contributed by atoms with Crippen LogP contribution in [0.2, 0.25) is 0 Å². The molecule has 2 radical (unpaired) electrons. The molecule has 0 aliphatic heterocycles. The number of hydrogen-bond acceptors (Lipinski definition) is 0. The molecule has 0 aromatic heterocycles. The second-order valence-electron chi connectivity index (χ2n) is 5.83. The van der Waals surface area contributed by atoms with E-state index in [2.05, 4.69) is 103 Å². The van der Waals surface area contributed by atoms with Crippen LogP contribution in [0.5, 0.6) is 0 Å². The van der Waals surface area contributed by atoms with E-state index in [1.165, 1.54) is 21.1 Å². The molecule has 4 aromatic rings. The molecule has 0 aliphatic rings. The van der Waals surface area contributed by atoms with Crippen LogP contribution >= 0.6 is 18.6 Å². The molecule has 0 aliphatic carbocycles. The number of rotatable bonds is 3. The Morgan fingerprint density at radius 3 is 1.69 bits per heavy atom. The summed E-state index contributed by atoms with van der Waals surface area (Å²) in [6, 6.07) is 35.8. The monoisotopic (exact) mass is 473 g/mol. The quantitative estimate of drug-likeness (QED) is 0.232. The third kappa shape index (κ3) is 12.1. The fourth-order valence-electron chi connectivity index (χ4n) is 2.28. The van der Waals surface area contributed by atoms with Crippen molar-refractivity contribution in [2.45, 2.75) is 13.3 Å². The first kappa shape index (κ1) is 25.8. The largest absolute Gasteiger partial charge is 0.168 e. The summed E-state index contributed by atoms with van der Waals surface area (Å²) in [5.74, 6) is 0. The van der Waals surface area contributed by atoms with Gasteiger partial charge in [-0.1, -0.05) is 90.4 Å². The average molecular weight is 474 g/mol. The maximum absolute atomic E-state index is 6.45. The van der Waals surface area contributed by atoms with Crippen molar-refractivity contribution in [1.82, 2.24) is 0 Å². The Labute approximate surface area is 194 Å². The molecule has 0 fully saturated rings. The summed E-state index contributed by atoms with van der Waals surface area (Å²) in [6.45, 7) is 2.56. The van der Waals surface area contributed by atoms with E-state index >= 15 is 0 Å². The Morgan fingerprint density at radius 1 is 0.793 bits per heavy atom. The number of nitrogens with one attached hydrogen (secondary N) is 1. The maximum Gasteiger partial charge on any atom is 0.121 e.